The fraction of sp³-hybridized carbons (Fsp3) is 0.400. The van der Waals surface area contributed by atoms with Crippen LogP contribution < -0.4 is 4.90 Å². The average molecular weight is 529 g/mol. The molecule has 0 saturated carbocycles. The number of aromatic nitrogens is 4. The number of anilines is 1. The summed E-state index contributed by atoms with van der Waals surface area (Å²) < 4.78 is 1.80. The van der Waals surface area contributed by atoms with Crippen molar-refractivity contribution in [1.29, 1.82) is 0 Å². The monoisotopic (exact) mass is 528 g/mol. The maximum absolute atomic E-state index is 13.0. The summed E-state index contributed by atoms with van der Waals surface area (Å²) in [5.74, 6) is 0.141. The zero-order valence-electron chi connectivity index (χ0n) is 22.9. The van der Waals surface area contributed by atoms with E-state index in [9.17, 15) is 4.79 Å². The van der Waals surface area contributed by atoms with Crippen molar-refractivity contribution in [3.05, 3.63) is 75.9 Å². The molecule has 3 aromatic heterocycles. The summed E-state index contributed by atoms with van der Waals surface area (Å²) in [5.41, 5.74) is 5.86. The number of thiophene rings is 1. The van der Waals surface area contributed by atoms with Crippen LogP contribution in [0.15, 0.2) is 55.0 Å². The zero-order valence-corrected chi connectivity index (χ0v) is 23.8. The number of Topliss-reactive ketones (excluding diaryl/α,β-unsaturated/α-hetero) is 1. The summed E-state index contributed by atoms with van der Waals surface area (Å²) in [4.78, 5) is 24.4. The number of hydrogen-bond donors (Lipinski definition) is 0. The normalized spacial score (nSPS) is 14.7. The SMILES string of the molecule is CCN1CCN(c2cncc(-c3cn(-c4cc(CC(=O)c5ccc(C(C)(C)C)s5)ccc4C)nn3)c2)CC1. The van der Waals surface area contributed by atoms with E-state index >= 15 is 0 Å². The molecule has 0 radical (unpaired) electrons. The van der Waals surface area contributed by atoms with Crippen molar-refractivity contribution in [1.82, 2.24) is 24.9 Å². The van der Waals surface area contributed by atoms with Gasteiger partial charge in [-0.1, -0.05) is 45.0 Å². The lowest BCUT2D eigenvalue weighted by molar-refractivity contribution is 0.0997. The Labute approximate surface area is 229 Å². The molecule has 1 fully saturated rings. The molecular weight excluding hydrogens is 492 g/mol. The molecule has 5 rings (SSSR count). The largest absolute Gasteiger partial charge is 0.368 e. The average Bonchev–Trinajstić information content (AvgIpc) is 3.61. The van der Waals surface area contributed by atoms with Gasteiger partial charge in [0.15, 0.2) is 5.78 Å². The van der Waals surface area contributed by atoms with E-state index in [4.69, 9.17) is 0 Å². The topological polar surface area (TPSA) is 67.2 Å². The molecule has 38 heavy (non-hydrogen) atoms. The van der Waals surface area contributed by atoms with Crippen LogP contribution in [0.25, 0.3) is 16.9 Å². The number of carbonyl (C=O) groups is 1. The maximum Gasteiger partial charge on any atom is 0.177 e. The Hall–Kier alpha value is -3.36. The second-order valence-corrected chi connectivity index (χ2v) is 12.1. The van der Waals surface area contributed by atoms with Gasteiger partial charge in [0.05, 0.1) is 28.6 Å². The molecular formula is C30H36N6OS. The number of piperazine rings is 1. The van der Waals surface area contributed by atoms with Crippen LogP contribution in [0.1, 0.15) is 53.4 Å². The van der Waals surface area contributed by atoms with E-state index in [1.807, 2.05) is 42.9 Å². The third kappa shape index (κ3) is 5.71. The Kier molecular flexibility index (Phi) is 7.45. The van der Waals surface area contributed by atoms with Gasteiger partial charge in [-0.2, -0.15) is 0 Å². The van der Waals surface area contributed by atoms with E-state index in [2.05, 4.69) is 71.8 Å². The summed E-state index contributed by atoms with van der Waals surface area (Å²) in [6.07, 6.45) is 6.07. The van der Waals surface area contributed by atoms with Crippen LogP contribution in [0.4, 0.5) is 5.69 Å². The van der Waals surface area contributed by atoms with E-state index < -0.39 is 0 Å². The molecule has 0 aliphatic carbocycles. The molecule has 4 heterocycles. The highest BCUT2D eigenvalue weighted by Gasteiger charge is 2.20. The molecule has 1 saturated heterocycles. The van der Waals surface area contributed by atoms with Crippen molar-refractivity contribution in [2.24, 2.45) is 0 Å². The molecule has 0 atom stereocenters. The number of rotatable bonds is 7. The van der Waals surface area contributed by atoms with E-state index in [0.717, 1.165) is 71.4 Å². The summed E-state index contributed by atoms with van der Waals surface area (Å²) in [6.45, 7) is 16.0. The molecule has 1 aliphatic heterocycles. The molecule has 198 valence electrons. The first-order chi connectivity index (χ1) is 18.2. The summed E-state index contributed by atoms with van der Waals surface area (Å²) in [7, 11) is 0. The van der Waals surface area contributed by atoms with Gasteiger partial charge in [0.1, 0.15) is 5.69 Å². The number of pyridine rings is 1. The van der Waals surface area contributed by atoms with Crippen LogP contribution in [-0.2, 0) is 11.8 Å². The quantitative estimate of drug-likeness (QED) is 0.293. The predicted octanol–water partition coefficient (Wildman–Crippen LogP) is 5.56. The van der Waals surface area contributed by atoms with Gasteiger partial charge < -0.3 is 9.80 Å². The number of hydrogen-bond acceptors (Lipinski definition) is 7. The minimum atomic E-state index is 0.0457. The molecule has 4 aromatic rings. The first kappa shape index (κ1) is 26.3. The zero-order chi connectivity index (χ0) is 26.9. The van der Waals surface area contributed by atoms with E-state index in [-0.39, 0.29) is 11.2 Å². The summed E-state index contributed by atoms with van der Waals surface area (Å²) in [6, 6.07) is 12.3. The van der Waals surface area contributed by atoms with Crippen LogP contribution in [0.2, 0.25) is 0 Å². The fourth-order valence-corrected chi connectivity index (χ4v) is 5.75. The smallest absolute Gasteiger partial charge is 0.177 e. The minimum absolute atomic E-state index is 0.0457. The van der Waals surface area contributed by atoms with Crippen molar-refractivity contribution in [2.75, 3.05) is 37.6 Å². The Balaban J connectivity index is 1.33. The van der Waals surface area contributed by atoms with Crippen LogP contribution in [0.3, 0.4) is 0 Å². The Bertz CT molecular complexity index is 1420. The molecule has 0 spiro atoms. The molecule has 8 heteroatoms. The number of ketones is 1. The van der Waals surface area contributed by atoms with Crippen LogP contribution in [-0.4, -0.2) is 63.4 Å². The van der Waals surface area contributed by atoms with Crippen molar-refractivity contribution >= 4 is 22.8 Å². The lowest BCUT2D eigenvalue weighted by Crippen LogP contribution is -2.46. The summed E-state index contributed by atoms with van der Waals surface area (Å²) in [5, 5.41) is 8.89. The summed E-state index contributed by atoms with van der Waals surface area (Å²) >= 11 is 1.60. The lowest BCUT2D eigenvalue weighted by atomic mass is 9.95. The molecule has 0 amide bonds. The van der Waals surface area contributed by atoms with Crippen LogP contribution in [0, 0.1) is 6.92 Å². The van der Waals surface area contributed by atoms with Gasteiger partial charge in [0, 0.05) is 49.2 Å². The lowest BCUT2D eigenvalue weighted by Gasteiger charge is -2.35. The number of benzene rings is 1. The molecule has 0 unspecified atom stereocenters. The second-order valence-electron chi connectivity index (χ2n) is 11.0. The number of aryl methyl sites for hydroxylation is 1. The van der Waals surface area contributed by atoms with Crippen molar-refractivity contribution in [3.63, 3.8) is 0 Å². The first-order valence-corrected chi connectivity index (χ1v) is 14.1. The van der Waals surface area contributed by atoms with E-state index in [1.54, 1.807) is 16.0 Å². The number of nitrogens with zero attached hydrogens (tertiary/aromatic N) is 6. The van der Waals surface area contributed by atoms with Crippen LogP contribution in [0.5, 0.6) is 0 Å². The van der Waals surface area contributed by atoms with Gasteiger partial charge in [0.2, 0.25) is 0 Å². The fourth-order valence-electron chi connectivity index (χ4n) is 4.75. The third-order valence-corrected chi connectivity index (χ3v) is 8.75. The Morgan fingerprint density at radius 1 is 1.03 bits per heavy atom. The standard InChI is InChI=1S/C30H36N6OS/c1-6-34-11-13-35(14-12-34)24-17-23(18-31-19-24)25-20-36(33-32-25)26-15-22(8-7-21(26)2)16-27(37)28-9-10-29(38-28)30(3,4)5/h7-10,15,17-20H,6,11-14,16H2,1-5H3. The van der Waals surface area contributed by atoms with E-state index in [0.29, 0.717) is 6.42 Å². The van der Waals surface area contributed by atoms with Crippen molar-refractivity contribution in [2.45, 2.75) is 46.5 Å². The Morgan fingerprint density at radius 3 is 2.53 bits per heavy atom. The minimum Gasteiger partial charge on any atom is -0.368 e. The first-order valence-electron chi connectivity index (χ1n) is 13.3. The number of carbonyl (C=O) groups excluding carboxylic acids is 1. The molecule has 0 N–H and O–H groups in total. The Morgan fingerprint density at radius 2 is 1.82 bits per heavy atom. The van der Waals surface area contributed by atoms with E-state index in [1.165, 1.54) is 4.88 Å². The third-order valence-electron chi connectivity index (χ3n) is 7.20. The maximum atomic E-state index is 13.0. The highest BCUT2D eigenvalue weighted by atomic mass is 32.1. The van der Waals surface area contributed by atoms with Crippen molar-refractivity contribution in [3.8, 4) is 16.9 Å². The highest BCUT2D eigenvalue weighted by molar-refractivity contribution is 7.14. The highest BCUT2D eigenvalue weighted by Crippen LogP contribution is 2.30. The van der Waals surface area contributed by atoms with Gasteiger partial charge in [0.25, 0.3) is 0 Å². The second kappa shape index (κ2) is 10.8. The van der Waals surface area contributed by atoms with Gasteiger partial charge >= 0.3 is 0 Å². The van der Waals surface area contributed by atoms with Crippen LogP contribution >= 0.6 is 11.3 Å². The van der Waals surface area contributed by atoms with Gasteiger partial charge in [-0.3, -0.25) is 9.78 Å². The molecule has 1 aliphatic rings. The van der Waals surface area contributed by atoms with Gasteiger partial charge in [-0.05, 0) is 54.3 Å². The van der Waals surface area contributed by atoms with Crippen molar-refractivity contribution < 1.29 is 4.79 Å². The molecule has 1 aromatic carbocycles. The van der Waals surface area contributed by atoms with Gasteiger partial charge in [-0.15, -0.1) is 16.4 Å². The molecule has 0 bridgehead atoms. The van der Waals surface area contributed by atoms with Gasteiger partial charge in [-0.25, -0.2) is 4.68 Å². The molecule has 7 nitrogen and oxygen atoms in total. The number of likely N-dealkylation sites (N-methyl/N-ethyl adjacent to an activating group) is 1. The predicted molar refractivity (Wildman–Crippen MR) is 155 cm³/mol.